The molecule has 1 unspecified atom stereocenters. The first-order valence-corrected chi connectivity index (χ1v) is 6.24. The van der Waals surface area contributed by atoms with Gasteiger partial charge >= 0.3 is 0 Å². The SMILES string of the molecule is Cc1ncc(CNC2(C)CCCOC2)s1. The second-order valence-electron chi connectivity index (χ2n) is 4.42. The Morgan fingerprint density at radius 3 is 3.13 bits per heavy atom. The Morgan fingerprint density at radius 2 is 2.53 bits per heavy atom. The number of ether oxygens (including phenoxy) is 1. The van der Waals surface area contributed by atoms with Crippen molar-refractivity contribution in [3.05, 3.63) is 16.1 Å². The molecule has 0 saturated carbocycles. The zero-order valence-corrected chi connectivity index (χ0v) is 10.2. The lowest BCUT2D eigenvalue weighted by atomic mass is 9.95. The Bertz CT molecular complexity index is 318. The lowest BCUT2D eigenvalue weighted by Crippen LogP contribution is -2.48. The van der Waals surface area contributed by atoms with Crippen LogP contribution in [0.1, 0.15) is 29.7 Å². The van der Waals surface area contributed by atoms with Crippen LogP contribution < -0.4 is 5.32 Å². The van der Waals surface area contributed by atoms with Gasteiger partial charge in [0.1, 0.15) is 0 Å². The molecule has 15 heavy (non-hydrogen) atoms. The minimum Gasteiger partial charge on any atom is -0.380 e. The molecule has 1 fully saturated rings. The summed E-state index contributed by atoms with van der Waals surface area (Å²) in [5.74, 6) is 0. The Morgan fingerprint density at radius 1 is 1.67 bits per heavy atom. The van der Waals surface area contributed by atoms with Gasteiger partial charge in [-0.3, -0.25) is 0 Å². The summed E-state index contributed by atoms with van der Waals surface area (Å²) in [6.07, 6.45) is 4.32. The number of hydrogen-bond donors (Lipinski definition) is 1. The van der Waals surface area contributed by atoms with Gasteiger partial charge in [0.2, 0.25) is 0 Å². The molecule has 1 saturated heterocycles. The molecule has 0 amide bonds. The van der Waals surface area contributed by atoms with Gasteiger partial charge in [0.15, 0.2) is 0 Å². The molecule has 1 N–H and O–H groups in total. The van der Waals surface area contributed by atoms with Crippen molar-refractivity contribution in [1.29, 1.82) is 0 Å². The summed E-state index contributed by atoms with van der Waals surface area (Å²) in [6, 6.07) is 0. The van der Waals surface area contributed by atoms with Crippen molar-refractivity contribution < 1.29 is 4.74 Å². The lowest BCUT2D eigenvalue weighted by molar-refractivity contribution is 0.0279. The fraction of sp³-hybridized carbons (Fsp3) is 0.727. The van der Waals surface area contributed by atoms with E-state index in [1.54, 1.807) is 11.3 Å². The van der Waals surface area contributed by atoms with Crippen molar-refractivity contribution in [3.8, 4) is 0 Å². The number of hydrogen-bond acceptors (Lipinski definition) is 4. The molecule has 1 aliphatic heterocycles. The van der Waals surface area contributed by atoms with Crippen LogP contribution >= 0.6 is 11.3 Å². The minimum absolute atomic E-state index is 0.149. The second-order valence-corrected chi connectivity index (χ2v) is 5.74. The Labute approximate surface area is 94.9 Å². The molecule has 0 bridgehead atoms. The maximum Gasteiger partial charge on any atom is 0.0897 e. The zero-order valence-electron chi connectivity index (χ0n) is 9.38. The van der Waals surface area contributed by atoms with E-state index in [-0.39, 0.29) is 5.54 Å². The van der Waals surface area contributed by atoms with Crippen molar-refractivity contribution in [2.75, 3.05) is 13.2 Å². The van der Waals surface area contributed by atoms with Crippen LogP contribution in [0.2, 0.25) is 0 Å². The van der Waals surface area contributed by atoms with Gasteiger partial charge in [-0.15, -0.1) is 11.3 Å². The standard InChI is InChI=1S/C11H18N2OS/c1-9-12-6-10(15-9)7-13-11(2)4-3-5-14-8-11/h6,13H,3-5,7-8H2,1-2H3. The fourth-order valence-electron chi connectivity index (χ4n) is 1.86. The molecule has 0 aliphatic carbocycles. The van der Waals surface area contributed by atoms with Gasteiger partial charge in [0.05, 0.1) is 11.6 Å². The van der Waals surface area contributed by atoms with E-state index in [4.69, 9.17) is 4.74 Å². The van der Waals surface area contributed by atoms with Gasteiger partial charge in [-0.05, 0) is 26.7 Å². The molecule has 1 aliphatic rings. The predicted octanol–water partition coefficient (Wildman–Crippen LogP) is 2.11. The van der Waals surface area contributed by atoms with Crippen LogP contribution in [-0.2, 0) is 11.3 Å². The monoisotopic (exact) mass is 226 g/mol. The van der Waals surface area contributed by atoms with Crippen LogP contribution in [-0.4, -0.2) is 23.7 Å². The molecule has 4 heteroatoms. The molecule has 0 radical (unpaired) electrons. The van der Waals surface area contributed by atoms with Crippen LogP contribution in [0.3, 0.4) is 0 Å². The van der Waals surface area contributed by atoms with Gasteiger partial charge < -0.3 is 10.1 Å². The van der Waals surface area contributed by atoms with Crippen LogP contribution in [0, 0.1) is 6.92 Å². The normalized spacial score (nSPS) is 26.8. The summed E-state index contributed by atoms with van der Waals surface area (Å²) >= 11 is 1.76. The largest absolute Gasteiger partial charge is 0.380 e. The average Bonchev–Trinajstić information content (AvgIpc) is 2.63. The third-order valence-electron chi connectivity index (χ3n) is 2.80. The summed E-state index contributed by atoms with van der Waals surface area (Å²) in [4.78, 5) is 5.56. The van der Waals surface area contributed by atoms with Crippen molar-refractivity contribution in [2.24, 2.45) is 0 Å². The highest BCUT2D eigenvalue weighted by Crippen LogP contribution is 2.20. The third-order valence-corrected chi connectivity index (χ3v) is 3.71. The quantitative estimate of drug-likeness (QED) is 0.857. The van der Waals surface area contributed by atoms with E-state index in [1.165, 1.54) is 11.3 Å². The number of rotatable bonds is 3. The molecular weight excluding hydrogens is 208 g/mol. The molecule has 2 rings (SSSR count). The highest BCUT2D eigenvalue weighted by atomic mass is 32.1. The van der Waals surface area contributed by atoms with E-state index < -0.39 is 0 Å². The van der Waals surface area contributed by atoms with Gasteiger partial charge in [-0.25, -0.2) is 4.98 Å². The zero-order chi connectivity index (χ0) is 10.7. The Balaban J connectivity index is 1.86. The number of aryl methyl sites for hydroxylation is 1. The number of nitrogens with zero attached hydrogens (tertiary/aromatic N) is 1. The average molecular weight is 226 g/mol. The molecule has 1 atom stereocenters. The minimum atomic E-state index is 0.149. The smallest absolute Gasteiger partial charge is 0.0897 e. The molecule has 84 valence electrons. The van der Waals surface area contributed by atoms with Gasteiger partial charge in [0.25, 0.3) is 0 Å². The maximum atomic E-state index is 5.50. The first-order chi connectivity index (χ1) is 7.18. The number of aromatic nitrogens is 1. The van der Waals surface area contributed by atoms with E-state index in [9.17, 15) is 0 Å². The van der Waals surface area contributed by atoms with E-state index in [2.05, 4.69) is 17.2 Å². The first-order valence-electron chi connectivity index (χ1n) is 5.42. The topological polar surface area (TPSA) is 34.2 Å². The maximum absolute atomic E-state index is 5.50. The molecule has 1 aromatic heterocycles. The molecule has 0 spiro atoms. The van der Waals surface area contributed by atoms with Gasteiger partial charge in [-0.1, -0.05) is 0 Å². The van der Waals surface area contributed by atoms with Crippen LogP contribution in [0.15, 0.2) is 6.20 Å². The van der Waals surface area contributed by atoms with E-state index >= 15 is 0 Å². The predicted molar refractivity (Wildman–Crippen MR) is 62.1 cm³/mol. The third kappa shape index (κ3) is 3.00. The van der Waals surface area contributed by atoms with Crippen LogP contribution in [0.25, 0.3) is 0 Å². The lowest BCUT2D eigenvalue weighted by Gasteiger charge is -2.34. The van der Waals surface area contributed by atoms with Crippen molar-refractivity contribution in [3.63, 3.8) is 0 Å². The van der Waals surface area contributed by atoms with E-state index in [0.717, 1.165) is 31.2 Å². The highest BCUT2D eigenvalue weighted by Gasteiger charge is 2.26. The molecule has 2 heterocycles. The van der Waals surface area contributed by atoms with Gasteiger partial charge in [0, 0.05) is 29.8 Å². The molecule has 0 aromatic carbocycles. The van der Waals surface area contributed by atoms with Crippen molar-refractivity contribution >= 4 is 11.3 Å². The summed E-state index contributed by atoms with van der Waals surface area (Å²) in [5.41, 5.74) is 0.149. The van der Waals surface area contributed by atoms with Gasteiger partial charge in [-0.2, -0.15) is 0 Å². The van der Waals surface area contributed by atoms with Crippen LogP contribution in [0.5, 0.6) is 0 Å². The molecular formula is C11H18N2OS. The molecule has 3 nitrogen and oxygen atoms in total. The van der Waals surface area contributed by atoms with Crippen LogP contribution in [0.4, 0.5) is 0 Å². The Hall–Kier alpha value is -0.450. The summed E-state index contributed by atoms with van der Waals surface area (Å²) < 4.78 is 5.50. The molecule has 1 aromatic rings. The van der Waals surface area contributed by atoms with Crippen molar-refractivity contribution in [2.45, 2.75) is 38.8 Å². The summed E-state index contributed by atoms with van der Waals surface area (Å²) in [5, 5.41) is 4.71. The number of thiazole rings is 1. The summed E-state index contributed by atoms with van der Waals surface area (Å²) in [6.45, 7) is 6.92. The second kappa shape index (κ2) is 4.60. The van der Waals surface area contributed by atoms with E-state index in [1.807, 2.05) is 13.1 Å². The summed E-state index contributed by atoms with van der Waals surface area (Å²) in [7, 11) is 0. The number of nitrogens with one attached hydrogen (secondary N) is 1. The fourth-order valence-corrected chi connectivity index (χ4v) is 2.60. The first kappa shape index (κ1) is 11.0. The Kier molecular flexibility index (Phi) is 3.38. The van der Waals surface area contributed by atoms with Crippen molar-refractivity contribution in [1.82, 2.24) is 10.3 Å². The van der Waals surface area contributed by atoms with E-state index in [0.29, 0.717) is 0 Å². The highest BCUT2D eigenvalue weighted by molar-refractivity contribution is 7.11.